The molecule has 15 heavy (non-hydrogen) atoms. The summed E-state index contributed by atoms with van der Waals surface area (Å²) >= 11 is 1.51. The topological polar surface area (TPSA) is 99.1 Å². The Labute approximate surface area is 92.0 Å². The van der Waals surface area contributed by atoms with Crippen LogP contribution < -0.4 is 5.73 Å². The fourth-order valence-electron chi connectivity index (χ4n) is 0.921. The van der Waals surface area contributed by atoms with E-state index in [0.717, 1.165) is 10.9 Å². The van der Waals surface area contributed by atoms with Gasteiger partial charge in [0.15, 0.2) is 0 Å². The lowest BCUT2D eigenvalue weighted by atomic mass is 10.7. The molecule has 0 aliphatic carbocycles. The summed E-state index contributed by atoms with van der Waals surface area (Å²) in [5.74, 6) is 0.755. The highest BCUT2D eigenvalue weighted by Crippen LogP contribution is 2.12. The van der Waals surface area contributed by atoms with Gasteiger partial charge in [-0.2, -0.15) is 0 Å². The summed E-state index contributed by atoms with van der Waals surface area (Å²) < 4.78 is 6.77. The lowest BCUT2D eigenvalue weighted by molar-refractivity contribution is 0.103. The van der Waals surface area contributed by atoms with Gasteiger partial charge in [0.2, 0.25) is 5.16 Å². The molecule has 3 N–H and O–H groups in total. The Morgan fingerprint density at radius 3 is 3.07 bits per heavy atom. The third-order valence-corrected chi connectivity index (χ3v) is 2.46. The monoisotopic (exact) mass is 233 g/mol. The predicted molar refractivity (Wildman–Crippen MR) is 55.5 cm³/mol. The summed E-state index contributed by atoms with van der Waals surface area (Å²) in [6.07, 6.45) is 0. The first-order chi connectivity index (χ1) is 7.38. The second-order valence-electron chi connectivity index (χ2n) is 2.66. The van der Waals surface area contributed by atoms with Crippen LogP contribution >= 0.6 is 11.8 Å². The Balaban J connectivity index is 2.21. The van der Waals surface area contributed by atoms with Gasteiger partial charge in [0.1, 0.15) is 0 Å². The van der Waals surface area contributed by atoms with E-state index in [1.165, 1.54) is 11.8 Å². The zero-order valence-corrected chi connectivity index (χ0v) is 9.19. The molecule has 0 spiro atoms. The highest BCUT2D eigenvalue weighted by atomic mass is 32.2. The van der Waals surface area contributed by atoms with E-state index < -0.39 is 0 Å². The van der Waals surface area contributed by atoms with Gasteiger partial charge in [-0.25, -0.2) is 4.68 Å². The van der Waals surface area contributed by atoms with E-state index >= 15 is 0 Å². The molecule has 1 aromatic heterocycles. The molecule has 0 aliphatic heterocycles. The van der Waals surface area contributed by atoms with Gasteiger partial charge in [-0.05, 0) is 10.4 Å². The molecule has 0 atom stereocenters. The zero-order chi connectivity index (χ0) is 10.9. The number of nitrogens with two attached hydrogens (primary N) is 1. The number of rotatable bonds is 8. The summed E-state index contributed by atoms with van der Waals surface area (Å²) in [5, 5.41) is 20.4. The lowest BCUT2D eigenvalue weighted by Crippen LogP contribution is -2.12. The minimum atomic E-state index is 0.0512. The maximum absolute atomic E-state index is 8.48. The van der Waals surface area contributed by atoms with Crippen molar-refractivity contribution >= 4 is 11.8 Å². The number of aliphatic hydroxyl groups is 1. The van der Waals surface area contributed by atoms with Crippen molar-refractivity contribution in [3.63, 3.8) is 0 Å². The molecule has 0 unspecified atom stereocenters. The fourth-order valence-corrected chi connectivity index (χ4v) is 1.68. The second kappa shape index (κ2) is 7.57. The van der Waals surface area contributed by atoms with E-state index in [1.54, 1.807) is 4.68 Å². The van der Waals surface area contributed by atoms with Crippen LogP contribution in [-0.2, 0) is 11.3 Å². The number of aliphatic hydroxyl groups excluding tert-OH is 1. The summed E-state index contributed by atoms with van der Waals surface area (Å²) in [7, 11) is 0. The third kappa shape index (κ3) is 4.56. The molecule has 0 fully saturated rings. The van der Waals surface area contributed by atoms with Crippen molar-refractivity contribution in [3.8, 4) is 0 Å². The predicted octanol–water partition coefficient (Wildman–Crippen LogP) is -1.27. The Morgan fingerprint density at radius 1 is 1.47 bits per heavy atom. The molecule has 8 heteroatoms. The normalized spacial score (nSPS) is 10.8. The molecule has 1 heterocycles. The maximum atomic E-state index is 8.48. The smallest absolute Gasteiger partial charge is 0.209 e. The molecule has 86 valence electrons. The van der Waals surface area contributed by atoms with Gasteiger partial charge in [-0.3, -0.25) is 0 Å². The summed E-state index contributed by atoms with van der Waals surface area (Å²) in [6.45, 7) is 2.12. The summed E-state index contributed by atoms with van der Waals surface area (Å²) in [4.78, 5) is 0. The zero-order valence-electron chi connectivity index (χ0n) is 8.37. The molecule has 0 aromatic carbocycles. The average molecular weight is 233 g/mol. The molecule has 0 radical (unpaired) electrons. The van der Waals surface area contributed by atoms with Crippen LogP contribution in [0, 0.1) is 0 Å². The number of aromatic nitrogens is 4. The van der Waals surface area contributed by atoms with Gasteiger partial charge in [-0.15, -0.1) is 5.10 Å². The highest BCUT2D eigenvalue weighted by Gasteiger charge is 2.04. The Kier molecular flexibility index (Phi) is 6.25. The van der Waals surface area contributed by atoms with Crippen LogP contribution in [0.2, 0.25) is 0 Å². The van der Waals surface area contributed by atoms with E-state index in [2.05, 4.69) is 15.5 Å². The SMILES string of the molecule is NCCn1nnnc1SCCOCCO. The van der Waals surface area contributed by atoms with E-state index in [-0.39, 0.29) is 6.61 Å². The Morgan fingerprint density at radius 2 is 2.33 bits per heavy atom. The van der Waals surface area contributed by atoms with Crippen molar-refractivity contribution in [2.24, 2.45) is 5.73 Å². The van der Waals surface area contributed by atoms with Crippen LogP contribution in [0.15, 0.2) is 5.16 Å². The van der Waals surface area contributed by atoms with Gasteiger partial charge < -0.3 is 15.6 Å². The molecule has 1 aromatic rings. The van der Waals surface area contributed by atoms with Crippen LogP contribution in [0.4, 0.5) is 0 Å². The number of nitrogens with zero attached hydrogens (tertiary/aromatic N) is 4. The molecule has 7 nitrogen and oxygen atoms in total. The Bertz CT molecular complexity index is 270. The summed E-state index contributed by atoms with van der Waals surface area (Å²) in [6, 6.07) is 0. The fraction of sp³-hybridized carbons (Fsp3) is 0.857. The van der Waals surface area contributed by atoms with Crippen LogP contribution in [0.25, 0.3) is 0 Å². The van der Waals surface area contributed by atoms with E-state index in [1.807, 2.05) is 0 Å². The molecule has 0 aliphatic rings. The highest BCUT2D eigenvalue weighted by molar-refractivity contribution is 7.99. The number of tetrazole rings is 1. The van der Waals surface area contributed by atoms with Crippen molar-refractivity contribution in [3.05, 3.63) is 0 Å². The third-order valence-electron chi connectivity index (χ3n) is 1.53. The second-order valence-corrected chi connectivity index (χ2v) is 3.72. The van der Waals surface area contributed by atoms with Crippen LogP contribution in [-0.4, -0.2) is 57.4 Å². The minimum Gasteiger partial charge on any atom is -0.394 e. The Hall–Kier alpha value is -0.700. The van der Waals surface area contributed by atoms with Crippen LogP contribution in [0.3, 0.4) is 0 Å². The van der Waals surface area contributed by atoms with Crippen LogP contribution in [0.5, 0.6) is 0 Å². The van der Waals surface area contributed by atoms with Crippen molar-refractivity contribution in [2.45, 2.75) is 11.7 Å². The maximum Gasteiger partial charge on any atom is 0.209 e. The van der Waals surface area contributed by atoms with Crippen molar-refractivity contribution < 1.29 is 9.84 Å². The molecule has 0 bridgehead atoms. The average Bonchev–Trinajstić information content (AvgIpc) is 2.66. The number of ether oxygens (including phenoxy) is 1. The summed E-state index contributed by atoms with van der Waals surface area (Å²) in [5.41, 5.74) is 5.40. The van der Waals surface area contributed by atoms with Gasteiger partial charge in [0.25, 0.3) is 0 Å². The largest absolute Gasteiger partial charge is 0.394 e. The number of hydrogen-bond donors (Lipinski definition) is 2. The molecule has 0 saturated carbocycles. The number of hydrogen-bond acceptors (Lipinski definition) is 7. The van der Waals surface area contributed by atoms with Gasteiger partial charge in [0, 0.05) is 12.3 Å². The first-order valence-corrected chi connectivity index (χ1v) is 5.64. The molecule has 0 saturated heterocycles. The molecular formula is C7H15N5O2S. The standard InChI is InChI=1S/C7H15N5O2S/c8-1-2-12-7(9-10-11-12)15-6-5-14-4-3-13/h13H,1-6,8H2. The molecular weight excluding hydrogens is 218 g/mol. The van der Waals surface area contributed by atoms with Gasteiger partial charge in [-0.1, -0.05) is 11.8 Å². The van der Waals surface area contributed by atoms with Gasteiger partial charge >= 0.3 is 0 Å². The minimum absolute atomic E-state index is 0.0512. The first-order valence-electron chi connectivity index (χ1n) is 4.66. The van der Waals surface area contributed by atoms with E-state index in [0.29, 0.717) is 26.3 Å². The van der Waals surface area contributed by atoms with E-state index in [4.69, 9.17) is 15.6 Å². The van der Waals surface area contributed by atoms with Crippen LogP contribution in [0.1, 0.15) is 0 Å². The van der Waals surface area contributed by atoms with Crippen molar-refractivity contribution in [2.75, 3.05) is 32.1 Å². The first kappa shape index (κ1) is 12.4. The van der Waals surface area contributed by atoms with Crippen molar-refractivity contribution in [1.82, 2.24) is 20.2 Å². The quantitative estimate of drug-likeness (QED) is 0.427. The number of thioether (sulfide) groups is 1. The van der Waals surface area contributed by atoms with Crippen molar-refractivity contribution in [1.29, 1.82) is 0 Å². The van der Waals surface area contributed by atoms with Gasteiger partial charge in [0.05, 0.1) is 26.4 Å². The molecule has 0 amide bonds. The molecule has 1 rings (SSSR count). The lowest BCUT2D eigenvalue weighted by Gasteiger charge is -2.02. The van der Waals surface area contributed by atoms with E-state index in [9.17, 15) is 0 Å².